The Morgan fingerprint density at radius 1 is 1.28 bits per heavy atom. The van der Waals surface area contributed by atoms with E-state index in [4.69, 9.17) is 9.88 Å². The number of carbonyl (C=O) groups excluding carboxylic acids is 1. The molecule has 140 valence electrons. The van der Waals surface area contributed by atoms with Gasteiger partial charge in [-0.3, -0.25) is 4.79 Å². The van der Waals surface area contributed by atoms with Gasteiger partial charge in [0, 0.05) is 6.54 Å². The second-order valence-electron chi connectivity index (χ2n) is 6.78. The van der Waals surface area contributed by atoms with E-state index in [1.54, 1.807) is 12.1 Å². The van der Waals surface area contributed by atoms with E-state index in [2.05, 4.69) is 5.32 Å². The fourth-order valence-corrected chi connectivity index (χ4v) is 3.70. The van der Waals surface area contributed by atoms with Crippen molar-refractivity contribution in [1.82, 2.24) is 5.32 Å². The lowest BCUT2D eigenvalue weighted by Crippen LogP contribution is -3.19. The van der Waals surface area contributed by atoms with Crippen LogP contribution in [-0.2, 0) is 26.0 Å². The lowest BCUT2D eigenvalue weighted by molar-refractivity contribution is -0.928. The number of nitrogens with two attached hydrogens (primary N) is 1. The predicted octanol–water partition coefficient (Wildman–Crippen LogP) is -0.927. The van der Waals surface area contributed by atoms with Gasteiger partial charge in [0.1, 0.15) is 25.3 Å². The molecule has 4 N–H and O–H groups in total. The van der Waals surface area contributed by atoms with Gasteiger partial charge in [0.2, 0.25) is 10.0 Å². The third-order valence-corrected chi connectivity index (χ3v) is 5.46. The van der Waals surface area contributed by atoms with Crippen LogP contribution in [0.5, 0.6) is 0 Å². The van der Waals surface area contributed by atoms with Crippen molar-refractivity contribution in [3.8, 4) is 0 Å². The summed E-state index contributed by atoms with van der Waals surface area (Å²) < 4.78 is 28.2. The van der Waals surface area contributed by atoms with Gasteiger partial charge in [0.05, 0.1) is 4.90 Å². The summed E-state index contributed by atoms with van der Waals surface area (Å²) in [7, 11) is -3.67. The van der Waals surface area contributed by atoms with Crippen LogP contribution in [0.1, 0.15) is 26.3 Å². The Labute approximate surface area is 149 Å². The van der Waals surface area contributed by atoms with E-state index in [0.29, 0.717) is 13.0 Å². The molecule has 0 bridgehead atoms. The lowest BCUT2D eigenvalue weighted by Gasteiger charge is -2.35. The zero-order valence-corrected chi connectivity index (χ0v) is 15.8. The van der Waals surface area contributed by atoms with E-state index in [1.807, 2.05) is 20.8 Å². The highest BCUT2D eigenvalue weighted by Crippen LogP contribution is 2.08. The topological polar surface area (TPSA) is 103 Å². The van der Waals surface area contributed by atoms with Gasteiger partial charge in [0.15, 0.2) is 6.04 Å². The molecule has 8 heteroatoms. The molecule has 0 spiro atoms. The van der Waals surface area contributed by atoms with Gasteiger partial charge in [-0.05, 0) is 44.9 Å². The number of primary sulfonamides is 1. The number of hydrogen-bond acceptors (Lipinski definition) is 4. The average Bonchev–Trinajstić information content (AvgIpc) is 2.52. The molecular weight excluding hydrogens is 342 g/mol. The first kappa shape index (κ1) is 19.8. The molecule has 2 rings (SSSR count). The molecule has 0 unspecified atom stereocenters. The lowest BCUT2D eigenvalue weighted by atomic mass is 10.1. The first-order chi connectivity index (χ1) is 11.7. The predicted molar refractivity (Wildman–Crippen MR) is 94.7 cm³/mol. The van der Waals surface area contributed by atoms with E-state index in [1.165, 1.54) is 17.0 Å². The summed E-state index contributed by atoms with van der Waals surface area (Å²) in [6, 6.07) is 6.27. The minimum Gasteiger partial charge on any atom is -0.364 e. The molecule has 3 atom stereocenters. The number of morpholine rings is 1. The Morgan fingerprint density at radius 2 is 1.84 bits per heavy atom. The van der Waals surface area contributed by atoms with Crippen molar-refractivity contribution in [2.75, 3.05) is 19.6 Å². The van der Waals surface area contributed by atoms with Crippen LogP contribution in [0, 0.1) is 0 Å². The van der Waals surface area contributed by atoms with Crippen LogP contribution in [0.25, 0.3) is 0 Å². The van der Waals surface area contributed by atoms with E-state index >= 15 is 0 Å². The number of benzene rings is 1. The molecule has 1 aliphatic rings. The Morgan fingerprint density at radius 3 is 2.36 bits per heavy atom. The first-order valence-electron chi connectivity index (χ1n) is 8.56. The van der Waals surface area contributed by atoms with Crippen LogP contribution < -0.4 is 15.4 Å². The third-order valence-electron chi connectivity index (χ3n) is 4.53. The van der Waals surface area contributed by atoms with Crippen LogP contribution in [-0.4, -0.2) is 52.2 Å². The minimum absolute atomic E-state index is 0.0254. The molecule has 1 heterocycles. The molecule has 0 aliphatic carbocycles. The Hall–Kier alpha value is -1.48. The number of nitrogens with one attached hydrogen (secondary N) is 2. The number of quaternary nitrogens is 1. The molecule has 1 aromatic carbocycles. The zero-order valence-electron chi connectivity index (χ0n) is 15.0. The number of hydrogen-bond donors (Lipinski definition) is 3. The van der Waals surface area contributed by atoms with Crippen molar-refractivity contribution in [2.24, 2.45) is 5.14 Å². The number of ether oxygens (including phenoxy) is 1. The molecule has 0 aromatic heterocycles. The van der Waals surface area contributed by atoms with Gasteiger partial charge in [0.25, 0.3) is 5.91 Å². The van der Waals surface area contributed by atoms with Crippen molar-refractivity contribution in [2.45, 2.75) is 50.3 Å². The number of amides is 1. The van der Waals surface area contributed by atoms with Crippen molar-refractivity contribution >= 4 is 15.9 Å². The summed E-state index contributed by atoms with van der Waals surface area (Å²) in [5.41, 5.74) is 0.946. The smallest absolute Gasteiger partial charge is 0.278 e. The Bertz CT molecular complexity index is 680. The van der Waals surface area contributed by atoms with Crippen LogP contribution in [0.4, 0.5) is 0 Å². The maximum atomic E-state index is 12.4. The molecule has 1 aliphatic heterocycles. The van der Waals surface area contributed by atoms with Crippen LogP contribution in [0.15, 0.2) is 29.2 Å². The molecule has 0 radical (unpaired) electrons. The fraction of sp³-hybridized carbons (Fsp3) is 0.588. The first-order valence-corrected chi connectivity index (χ1v) is 10.1. The van der Waals surface area contributed by atoms with Gasteiger partial charge in [-0.15, -0.1) is 0 Å². The summed E-state index contributed by atoms with van der Waals surface area (Å²) in [5.74, 6) is 0.0254. The number of rotatable bonds is 6. The largest absolute Gasteiger partial charge is 0.364 e. The molecule has 1 aromatic rings. The SMILES string of the molecule is C[C@H]1C[NH+]([C@@H](C)C(=O)NCCc2ccc(S(N)(=O)=O)cc2)C[C@H](C)O1. The maximum absolute atomic E-state index is 12.4. The van der Waals surface area contributed by atoms with Crippen LogP contribution in [0.2, 0.25) is 0 Å². The monoisotopic (exact) mass is 370 g/mol. The molecule has 1 amide bonds. The Kier molecular flexibility index (Phi) is 6.56. The summed E-state index contributed by atoms with van der Waals surface area (Å²) in [5, 5.41) is 8.03. The third kappa shape index (κ3) is 5.78. The van der Waals surface area contributed by atoms with Crippen molar-refractivity contribution in [3.05, 3.63) is 29.8 Å². The summed E-state index contributed by atoms with van der Waals surface area (Å²) in [4.78, 5) is 13.7. The maximum Gasteiger partial charge on any atom is 0.278 e. The van der Waals surface area contributed by atoms with E-state index < -0.39 is 10.0 Å². The highest BCUT2D eigenvalue weighted by molar-refractivity contribution is 7.89. The molecule has 25 heavy (non-hydrogen) atoms. The van der Waals surface area contributed by atoms with Crippen molar-refractivity contribution < 1.29 is 22.8 Å². The van der Waals surface area contributed by atoms with Gasteiger partial charge in [-0.25, -0.2) is 13.6 Å². The summed E-state index contributed by atoms with van der Waals surface area (Å²) >= 11 is 0. The second kappa shape index (κ2) is 8.27. The van der Waals surface area contributed by atoms with Gasteiger partial charge >= 0.3 is 0 Å². The van der Waals surface area contributed by atoms with E-state index in [0.717, 1.165) is 18.7 Å². The standard InChI is InChI=1S/C17H27N3O4S/c1-12-10-20(11-13(2)24-12)14(3)17(21)19-9-8-15-4-6-16(7-5-15)25(18,22)23/h4-7,12-14H,8-11H2,1-3H3,(H,19,21)(H2,18,22,23)/p+1/t12-,13-,14-/m0/s1. The minimum atomic E-state index is -3.67. The highest BCUT2D eigenvalue weighted by Gasteiger charge is 2.32. The van der Waals surface area contributed by atoms with Crippen molar-refractivity contribution in [1.29, 1.82) is 0 Å². The van der Waals surface area contributed by atoms with E-state index in [9.17, 15) is 13.2 Å². The number of carbonyl (C=O) groups is 1. The highest BCUT2D eigenvalue weighted by atomic mass is 32.2. The van der Waals surface area contributed by atoms with Gasteiger partial charge in [-0.1, -0.05) is 12.1 Å². The average molecular weight is 370 g/mol. The summed E-state index contributed by atoms with van der Waals surface area (Å²) in [6.07, 6.45) is 0.951. The molecule has 0 saturated carbocycles. The number of sulfonamides is 1. The molecular formula is C17H28N3O4S+. The summed E-state index contributed by atoms with van der Waals surface area (Å²) in [6.45, 7) is 8.17. The van der Waals surface area contributed by atoms with E-state index in [-0.39, 0.29) is 29.1 Å². The zero-order chi connectivity index (χ0) is 18.6. The van der Waals surface area contributed by atoms with Crippen molar-refractivity contribution in [3.63, 3.8) is 0 Å². The molecule has 1 saturated heterocycles. The van der Waals surface area contributed by atoms with Crippen LogP contribution >= 0.6 is 0 Å². The fourth-order valence-electron chi connectivity index (χ4n) is 3.18. The second-order valence-corrected chi connectivity index (χ2v) is 8.34. The molecule has 1 fully saturated rings. The van der Waals surface area contributed by atoms with Gasteiger partial charge in [-0.2, -0.15) is 0 Å². The normalized spacial score (nSPS) is 25.4. The Balaban J connectivity index is 1.81. The molecule has 7 nitrogen and oxygen atoms in total. The quantitative estimate of drug-likeness (QED) is 0.602. The van der Waals surface area contributed by atoms with Gasteiger partial charge < -0.3 is 15.0 Å². The van der Waals surface area contributed by atoms with Crippen LogP contribution in [0.3, 0.4) is 0 Å².